The summed E-state index contributed by atoms with van der Waals surface area (Å²) in [6, 6.07) is 0. The minimum Gasteiger partial charge on any atom is -0.300 e. The van der Waals surface area contributed by atoms with Gasteiger partial charge in [0.05, 0.1) is 0 Å². The highest BCUT2D eigenvalue weighted by Gasteiger charge is 2.34. The van der Waals surface area contributed by atoms with E-state index in [2.05, 4.69) is 13.8 Å². The summed E-state index contributed by atoms with van der Waals surface area (Å²) in [5.74, 6) is 1.50. The zero-order valence-corrected chi connectivity index (χ0v) is 10.1. The quantitative estimate of drug-likeness (QED) is 0.714. The van der Waals surface area contributed by atoms with Crippen LogP contribution in [0.5, 0.6) is 0 Å². The lowest BCUT2D eigenvalue weighted by molar-refractivity contribution is -0.131. The van der Waals surface area contributed by atoms with Crippen molar-refractivity contribution in [1.82, 2.24) is 0 Å². The summed E-state index contributed by atoms with van der Waals surface area (Å²) in [7, 11) is 0. The average molecular weight is 210 g/mol. The molecule has 0 heterocycles. The lowest BCUT2D eigenvalue weighted by atomic mass is 9.71. The van der Waals surface area contributed by atoms with Crippen molar-refractivity contribution in [2.45, 2.75) is 52.9 Å². The summed E-state index contributed by atoms with van der Waals surface area (Å²) in [6.07, 6.45) is 4.49. The molecule has 0 aliphatic heterocycles. The third kappa shape index (κ3) is 3.15. The highest BCUT2D eigenvalue weighted by Crippen LogP contribution is 2.34. The number of hydrogen-bond acceptors (Lipinski definition) is 2. The van der Waals surface area contributed by atoms with E-state index in [9.17, 15) is 9.59 Å². The predicted octanol–water partition coefficient (Wildman–Crippen LogP) is 3.00. The molecule has 1 fully saturated rings. The first kappa shape index (κ1) is 12.4. The van der Waals surface area contributed by atoms with Gasteiger partial charge in [-0.2, -0.15) is 0 Å². The Hall–Kier alpha value is -0.660. The van der Waals surface area contributed by atoms with Gasteiger partial charge in [-0.15, -0.1) is 0 Å². The van der Waals surface area contributed by atoms with E-state index < -0.39 is 0 Å². The minimum atomic E-state index is 0.146. The molecule has 1 aliphatic rings. The van der Waals surface area contributed by atoms with Gasteiger partial charge >= 0.3 is 0 Å². The molecule has 15 heavy (non-hydrogen) atoms. The Balaban J connectivity index is 2.57. The average Bonchev–Trinajstić information content (AvgIpc) is 2.17. The van der Waals surface area contributed by atoms with Crippen LogP contribution in [0.1, 0.15) is 52.9 Å². The minimum absolute atomic E-state index is 0.146. The molecule has 3 unspecified atom stereocenters. The van der Waals surface area contributed by atoms with E-state index in [0.717, 1.165) is 25.7 Å². The first-order valence-electron chi connectivity index (χ1n) is 6.09. The number of Topliss-reactive ketones (excluding diaryl/α,β-unsaturated/α-hetero) is 2. The monoisotopic (exact) mass is 210 g/mol. The Bertz CT molecular complexity index is 245. The van der Waals surface area contributed by atoms with Gasteiger partial charge in [-0.05, 0) is 38.5 Å². The summed E-state index contributed by atoms with van der Waals surface area (Å²) < 4.78 is 0. The van der Waals surface area contributed by atoms with Gasteiger partial charge in [0.2, 0.25) is 0 Å². The SMILES string of the molecule is CCC1CCC(C)C(CCC(C)=O)C1=O. The number of ketones is 2. The van der Waals surface area contributed by atoms with Gasteiger partial charge in [-0.25, -0.2) is 0 Å². The molecule has 2 heteroatoms. The fourth-order valence-corrected chi connectivity index (χ4v) is 2.58. The van der Waals surface area contributed by atoms with E-state index in [1.54, 1.807) is 6.92 Å². The Labute approximate surface area is 92.4 Å². The first-order valence-corrected chi connectivity index (χ1v) is 6.09. The smallest absolute Gasteiger partial charge is 0.139 e. The van der Waals surface area contributed by atoms with Gasteiger partial charge < -0.3 is 4.79 Å². The molecule has 0 aromatic heterocycles. The molecule has 0 radical (unpaired) electrons. The standard InChI is InChI=1S/C13H22O2/c1-4-11-7-5-9(2)12(13(11)15)8-6-10(3)14/h9,11-12H,4-8H2,1-3H3. The van der Waals surface area contributed by atoms with Gasteiger partial charge in [0.15, 0.2) is 0 Å². The predicted molar refractivity (Wildman–Crippen MR) is 60.6 cm³/mol. The van der Waals surface area contributed by atoms with E-state index in [-0.39, 0.29) is 17.6 Å². The maximum atomic E-state index is 12.1. The third-order valence-corrected chi connectivity index (χ3v) is 3.73. The van der Waals surface area contributed by atoms with E-state index in [1.165, 1.54) is 0 Å². The highest BCUT2D eigenvalue weighted by atomic mass is 16.1. The van der Waals surface area contributed by atoms with Gasteiger partial charge in [0.25, 0.3) is 0 Å². The van der Waals surface area contributed by atoms with E-state index >= 15 is 0 Å². The Morgan fingerprint density at radius 3 is 2.60 bits per heavy atom. The van der Waals surface area contributed by atoms with Crippen molar-refractivity contribution < 1.29 is 9.59 Å². The molecule has 3 atom stereocenters. The van der Waals surface area contributed by atoms with Crippen LogP contribution in [0.25, 0.3) is 0 Å². The Morgan fingerprint density at radius 2 is 2.07 bits per heavy atom. The van der Waals surface area contributed by atoms with Crippen LogP contribution in [-0.2, 0) is 9.59 Å². The van der Waals surface area contributed by atoms with Crippen LogP contribution in [0.3, 0.4) is 0 Å². The number of carbonyl (C=O) groups is 2. The van der Waals surface area contributed by atoms with E-state index in [1.807, 2.05) is 0 Å². The second-order valence-electron chi connectivity index (χ2n) is 4.91. The largest absolute Gasteiger partial charge is 0.300 e. The van der Waals surface area contributed by atoms with Crippen molar-refractivity contribution in [3.8, 4) is 0 Å². The number of hydrogen-bond donors (Lipinski definition) is 0. The molecule has 1 aliphatic carbocycles. The van der Waals surface area contributed by atoms with Gasteiger partial charge in [-0.3, -0.25) is 4.79 Å². The maximum absolute atomic E-state index is 12.1. The van der Waals surface area contributed by atoms with Crippen LogP contribution in [-0.4, -0.2) is 11.6 Å². The van der Waals surface area contributed by atoms with Crippen LogP contribution < -0.4 is 0 Å². The fourth-order valence-electron chi connectivity index (χ4n) is 2.58. The third-order valence-electron chi connectivity index (χ3n) is 3.73. The highest BCUT2D eigenvalue weighted by molar-refractivity contribution is 5.85. The Kier molecular flexibility index (Phi) is 4.49. The molecule has 0 amide bonds. The van der Waals surface area contributed by atoms with Crippen LogP contribution in [0, 0.1) is 17.8 Å². The maximum Gasteiger partial charge on any atom is 0.139 e. The van der Waals surface area contributed by atoms with Crippen molar-refractivity contribution in [2.24, 2.45) is 17.8 Å². The lowest BCUT2D eigenvalue weighted by Crippen LogP contribution is -2.33. The molecular formula is C13H22O2. The summed E-state index contributed by atoms with van der Waals surface area (Å²) in [5, 5.41) is 0. The summed E-state index contributed by atoms with van der Waals surface area (Å²) in [5.41, 5.74) is 0. The number of carbonyl (C=O) groups excluding carboxylic acids is 2. The van der Waals surface area contributed by atoms with Crippen LogP contribution in [0.2, 0.25) is 0 Å². The zero-order chi connectivity index (χ0) is 11.4. The van der Waals surface area contributed by atoms with Crippen LogP contribution >= 0.6 is 0 Å². The lowest BCUT2D eigenvalue weighted by Gasteiger charge is -2.32. The van der Waals surface area contributed by atoms with E-state index in [0.29, 0.717) is 18.1 Å². The molecule has 2 nitrogen and oxygen atoms in total. The molecule has 0 saturated heterocycles. The molecule has 0 aromatic carbocycles. The molecule has 1 rings (SSSR count). The molecule has 1 saturated carbocycles. The van der Waals surface area contributed by atoms with Gasteiger partial charge in [0, 0.05) is 18.3 Å². The van der Waals surface area contributed by atoms with E-state index in [4.69, 9.17) is 0 Å². The molecule has 0 aromatic rings. The summed E-state index contributed by atoms with van der Waals surface area (Å²) in [4.78, 5) is 23.0. The van der Waals surface area contributed by atoms with Crippen molar-refractivity contribution in [2.75, 3.05) is 0 Å². The summed E-state index contributed by atoms with van der Waals surface area (Å²) in [6.45, 7) is 5.84. The summed E-state index contributed by atoms with van der Waals surface area (Å²) >= 11 is 0. The zero-order valence-electron chi connectivity index (χ0n) is 10.1. The van der Waals surface area contributed by atoms with Crippen molar-refractivity contribution >= 4 is 11.6 Å². The van der Waals surface area contributed by atoms with Gasteiger partial charge in [-0.1, -0.05) is 13.8 Å². The fraction of sp³-hybridized carbons (Fsp3) is 0.846. The molecule has 0 spiro atoms. The normalized spacial score (nSPS) is 31.7. The second-order valence-corrected chi connectivity index (χ2v) is 4.91. The van der Waals surface area contributed by atoms with Crippen LogP contribution in [0.15, 0.2) is 0 Å². The molecule has 0 bridgehead atoms. The second kappa shape index (κ2) is 5.43. The van der Waals surface area contributed by atoms with Crippen molar-refractivity contribution in [1.29, 1.82) is 0 Å². The van der Waals surface area contributed by atoms with Crippen LogP contribution in [0.4, 0.5) is 0 Å². The first-order chi connectivity index (χ1) is 7.06. The Morgan fingerprint density at radius 1 is 1.40 bits per heavy atom. The topological polar surface area (TPSA) is 34.1 Å². The van der Waals surface area contributed by atoms with Crippen molar-refractivity contribution in [3.63, 3.8) is 0 Å². The van der Waals surface area contributed by atoms with Crippen molar-refractivity contribution in [3.05, 3.63) is 0 Å². The molecule has 0 N–H and O–H groups in total. The van der Waals surface area contributed by atoms with Gasteiger partial charge in [0.1, 0.15) is 11.6 Å². The molecule has 86 valence electrons. The number of rotatable bonds is 4. The molecular weight excluding hydrogens is 188 g/mol.